The second kappa shape index (κ2) is 7.39. The molecule has 0 aromatic carbocycles. The maximum atomic E-state index is 8.57. The van der Waals surface area contributed by atoms with E-state index in [9.17, 15) is 0 Å². The lowest BCUT2D eigenvalue weighted by Crippen LogP contribution is -2.56. The molecule has 1 aliphatic heterocycles. The van der Waals surface area contributed by atoms with Gasteiger partial charge in [-0.05, 0) is 0 Å². The van der Waals surface area contributed by atoms with E-state index >= 15 is 0 Å². The molecular formula is C5H12N2O2. The summed E-state index contributed by atoms with van der Waals surface area (Å²) in [7, 11) is 0. The first kappa shape index (κ1) is 8.39. The van der Waals surface area contributed by atoms with Crippen LogP contribution in [-0.4, -0.2) is 33.0 Å². The van der Waals surface area contributed by atoms with Crippen LogP contribution in [0.25, 0.3) is 0 Å². The molecular weight excluding hydrogens is 120 g/mol. The predicted molar refractivity (Wildman–Crippen MR) is 35.1 cm³/mol. The van der Waals surface area contributed by atoms with Gasteiger partial charge in [-0.2, -0.15) is 0 Å². The van der Waals surface area contributed by atoms with E-state index in [4.69, 9.17) is 9.94 Å². The molecule has 1 fully saturated rings. The molecule has 0 saturated carbocycles. The van der Waals surface area contributed by atoms with Crippen molar-refractivity contribution in [1.29, 1.82) is 0 Å². The molecule has 0 atom stereocenters. The van der Waals surface area contributed by atoms with Gasteiger partial charge in [-0.25, -0.2) is 5.16 Å². The molecule has 1 heterocycles. The fourth-order valence-electron chi connectivity index (χ4n) is 0.516. The lowest BCUT2D eigenvalue weighted by atomic mass is 10.5. The molecule has 0 bridgehead atoms. The molecule has 1 aliphatic rings. The van der Waals surface area contributed by atoms with Crippen LogP contribution in [0.4, 0.5) is 0 Å². The van der Waals surface area contributed by atoms with Gasteiger partial charge in [0.2, 0.25) is 0 Å². The van der Waals surface area contributed by atoms with Gasteiger partial charge in [-0.3, -0.25) is 0 Å². The Morgan fingerprint density at radius 1 is 1.44 bits per heavy atom. The van der Waals surface area contributed by atoms with Crippen molar-refractivity contribution in [3.8, 4) is 0 Å². The van der Waals surface area contributed by atoms with Crippen molar-refractivity contribution in [2.24, 2.45) is 0 Å². The summed E-state index contributed by atoms with van der Waals surface area (Å²) in [5.74, 6) is 0. The van der Waals surface area contributed by atoms with Crippen LogP contribution >= 0.6 is 0 Å². The van der Waals surface area contributed by atoms with Gasteiger partial charge in [0.1, 0.15) is 6.72 Å². The Bertz CT molecular complexity index is 52.5. The van der Waals surface area contributed by atoms with E-state index < -0.39 is 0 Å². The molecule has 1 saturated heterocycles. The Hall–Kier alpha value is -0.610. The van der Waals surface area contributed by atoms with E-state index in [-0.39, 0.29) is 0 Å². The third-order valence-electron chi connectivity index (χ3n) is 0.846. The molecule has 0 radical (unpaired) electrons. The highest BCUT2D eigenvalue weighted by atomic mass is 16.5. The highest BCUT2D eigenvalue weighted by Gasteiger charge is 1.92. The maximum absolute atomic E-state index is 8.57. The fourth-order valence-corrected chi connectivity index (χ4v) is 0.516. The summed E-state index contributed by atoms with van der Waals surface area (Å²) in [5, 5.41) is 13.0. The van der Waals surface area contributed by atoms with Gasteiger partial charge in [-0.1, -0.05) is 0 Å². The topological polar surface area (TPSA) is 58.3 Å². The molecule has 0 amide bonds. The summed E-state index contributed by atoms with van der Waals surface area (Å²) in [6.45, 7) is 6.51. The number of morpholine rings is 1. The second-order valence-electron chi connectivity index (χ2n) is 1.51. The molecule has 0 aromatic rings. The van der Waals surface area contributed by atoms with E-state index in [1.807, 2.05) is 0 Å². The van der Waals surface area contributed by atoms with E-state index in [0.29, 0.717) is 0 Å². The number of nitrogens with one attached hydrogen (secondary N) is 2. The van der Waals surface area contributed by atoms with Crippen molar-refractivity contribution < 1.29 is 9.89 Å². The van der Waals surface area contributed by atoms with Crippen LogP contribution in [0.2, 0.25) is 0 Å². The van der Waals surface area contributed by atoms with Crippen LogP contribution < -0.4 is 10.5 Å². The summed E-state index contributed by atoms with van der Waals surface area (Å²) >= 11 is 0. The molecule has 0 spiro atoms. The molecule has 4 heteroatoms. The monoisotopic (exact) mass is 132 g/mol. The van der Waals surface area contributed by atoms with E-state index in [0.717, 1.165) is 26.3 Å². The zero-order valence-corrected chi connectivity index (χ0v) is 5.35. The molecule has 0 unspecified atom stereocenters. The number of rotatable bonds is 0. The maximum Gasteiger partial charge on any atom is 0.136 e. The summed E-state index contributed by atoms with van der Waals surface area (Å²) < 4.78 is 5.01. The Balaban J connectivity index is 0.000000187. The second-order valence-corrected chi connectivity index (χ2v) is 1.51. The van der Waals surface area contributed by atoms with Gasteiger partial charge in [0.25, 0.3) is 0 Å². The third kappa shape index (κ3) is 7.39. The molecule has 9 heavy (non-hydrogen) atoms. The van der Waals surface area contributed by atoms with Crippen LogP contribution in [0, 0.1) is 5.21 Å². The molecule has 4 nitrogen and oxygen atoms in total. The minimum Gasteiger partial charge on any atom is -0.626 e. The van der Waals surface area contributed by atoms with Gasteiger partial charge < -0.3 is 15.3 Å². The van der Waals surface area contributed by atoms with E-state index in [1.165, 1.54) is 5.16 Å². The summed E-state index contributed by atoms with van der Waals surface area (Å²) in [6.07, 6.45) is 0. The third-order valence-corrected chi connectivity index (χ3v) is 0.846. The minimum atomic E-state index is 0.889. The molecule has 1 rings (SSSR count). The Kier molecular flexibility index (Phi) is 6.89. The first-order valence-electron chi connectivity index (χ1n) is 2.84. The summed E-state index contributed by atoms with van der Waals surface area (Å²) in [5.41, 5.74) is 0. The summed E-state index contributed by atoms with van der Waals surface area (Å²) in [6, 6.07) is 0. The zero-order chi connectivity index (χ0) is 6.95. The number of hydrogen-bond donors (Lipinski definition) is 2. The van der Waals surface area contributed by atoms with Crippen LogP contribution in [0.15, 0.2) is 0 Å². The van der Waals surface area contributed by atoms with Crippen molar-refractivity contribution in [3.63, 3.8) is 0 Å². The van der Waals surface area contributed by atoms with Crippen molar-refractivity contribution in [3.05, 3.63) is 5.21 Å². The minimum absolute atomic E-state index is 0.889. The lowest BCUT2D eigenvalue weighted by Gasteiger charge is -2.10. The van der Waals surface area contributed by atoms with E-state index in [1.54, 1.807) is 0 Å². The smallest absolute Gasteiger partial charge is 0.136 e. The summed E-state index contributed by atoms with van der Waals surface area (Å²) in [4.78, 5) is 0. The number of hydrogen-bond acceptors (Lipinski definition) is 3. The standard InChI is InChI=1S/C4H9NO.CH3NO/c1-3-6-4-2-5-1;1-2-3/h5H,1-4H2;2H,1H2. The normalized spacial score (nSPS) is 17.3. The first-order valence-corrected chi connectivity index (χ1v) is 2.84. The average molecular weight is 132 g/mol. The zero-order valence-electron chi connectivity index (χ0n) is 5.35. The Labute approximate surface area is 54.5 Å². The van der Waals surface area contributed by atoms with Crippen LogP contribution in [0.3, 0.4) is 0 Å². The van der Waals surface area contributed by atoms with Crippen LogP contribution in [0.1, 0.15) is 0 Å². The van der Waals surface area contributed by atoms with Crippen molar-refractivity contribution >= 4 is 6.72 Å². The Morgan fingerprint density at radius 2 is 1.89 bits per heavy atom. The van der Waals surface area contributed by atoms with Gasteiger partial charge in [0.15, 0.2) is 0 Å². The highest BCUT2D eigenvalue weighted by Crippen LogP contribution is 1.76. The lowest BCUT2D eigenvalue weighted by molar-refractivity contribution is -0.361. The molecule has 54 valence electrons. The molecule has 0 aliphatic carbocycles. The van der Waals surface area contributed by atoms with Gasteiger partial charge in [0.05, 0.1) is 13.2 Å². The highest BCUT2D eigenvalue weighted by molar-refractivity contribution is 5.12. The number of ether oxygens (including phenoxy) is 1. The van der Waals surface area contributed by atoms with E-state index in [2.05, 4.69) is 12.0 Å². The van der Waals surface area contributed by atoms with Crippen molar-refractivity contribution in [2.45, 2.75) is 0 Å². The average Bonchev–Trinajstić information content (AvgIpc) is 1.93. The quantitative estimate of drug-likeness (QED) is 0.225. The molecule has 2 N–H and O–H groups in total. The van der Waals surface area contributed by atoms with Crippen molar-refractivity contribution in [2.75, 3.05) is 26.3 Å². The van der Waals surface area contributed by atoms with Crippen LogP contribution in [0.5, 0.6) is 0 Å². The molecule has 0 aromatic heterocycles. The Morgan fingerprint density at radius 3 is 2.00 bits per heavy atom. The fraction of sp³-hybridized carbons (Fsp3) is 0.800. The first-order chi connectivity index (χ1) is 4.41. The SMILES string of the molecule is C1COCCN1.C=[NH+][O-]. The van der Waals surface area contributed by atoms with Gasteiger partial charge >= 0.3 is 0 Å². The van der Waals surface area contributed by atoms with Crippen molar-refractivity contribution in [1.82, 2.24) is 5.32 Å². The predicted octanol–water partition coefficient (Wildman–Crippen LogP) is -2.13. The van der Waals surface area contributed by atoms with Crippen LogP contribution in [-0.2, 0) is 4.74 Å². The van der Waals surface area contributed by atoms with Gasteiger partial charge in [0, 0.05) is 13.1 Å². The largest absolute Gasteiger partial charge is 0.626 e. The van der Waals surface area contributed by atoms with Gasteiger partial charge in [-0.15, -0.1) is 0 Å².